The molecule has 0 amide bonds. The smallest absolute Gasteiger partial charge is 0.258 e. The zero-order valence-electron chi connectivity index (χ0n) is 9.37. The fourth-order valence-electron chi connectivity index (χ4n) is 1.80. The quantitative estimate of drug-likeness (QED) is 0.497. The van der Waals surface area contributed by atoms with E-state index in [0.717, 1.165) is 10.6 Å². The average molecular weight is 284 g/mol. The topological polar surface area (TPSA) is 99.1 Å². The zero-order chi connectivity index (χ0) is 14.5. The van der Waals surface area contributed by atoms with Gasteiger partial charge in [-0.3, -0.25) is 10.1 Å². The Kier molecular flexibility index (Phi) is 2.33. The van der Waals surface area contributed by atoms with Crippen LogP contribution in [0.5, 0.6) is 0 Å². The molecule has 0 bridgehead atoms. The van der Waals surface area contributed by atoms with Crippen LogP contribution in [0.2, 0.25) is 0 Å². The number of nitrogens with zero attached hydrogens (tertiary/aromatic N) is 6. The summed E-state index contributed by atoms with van der Waals surface area (Å²) in [5, 5.41) is 20.7. The highest BCUT2D eigenvalue weighted by Crippen LogP contribution is 2.33. The molecule has 0 aliphatic heterocycles. The van der Waals surface area contributed by atoms with Crippen LogP contribution in [-0.2, 0) is 6.18 Å². The number of para-hydroxylation sites is 1. The molecule has 2 aromatic heterocycles. The molecule has 0 saturated heterocycles. The fourth-order valence-corrected chi connectivity index (χ4v) is 1.80. The molecule has 0 fully saturated rings. The van der Waals surface area contributed by atoms with Gasteiger partial charge in [0.15, 0.2) is 11.2 Å². The lowest BCUT2D eigenvalue weighted by molar-refractivity contribution is -0.383. The Morgan fingerprint density at radius 3 is 2.70 bits per heavy atom. The summed E-state index contributed by atoms with van der Waals surface area (Å²) in [4.78, 5) is 13.4. The highest BCUT2D eigenvalue weighted by molar-refractivity contribution is 5.86. The van der Waals surface area contributed by atoms with Crippen LogP contribution in [-0.4, -0.2) is 29.9 Å². The van der Waals surface area contributed by atoms with Gasteiger partial charge in [-0.15, -0.1) is 5.10 Å². The number of nitro benzene ring substituents is 1. The van der Waals surface area contributed by atoms with E-state index >= 15 is 0 Å². The van der Waals surface area contributed by atoms with E-state index in [9.17, 15) is 23.3 Å². The normalized spacial score (nSPS) is 12.2. The van der Waals surface area contributed by atoms with Crippen molar-refractivity contribution >= 4 is 22.4 Å². The second-order valence-corrected chi connectivity index (χ2v) is 3.77. The van der Waals surface area contributed by atoms with Crippen molar-refractivity contribution in [2.24, 2.45) is 0 Å². The van der Waals surface area contributed by atoms with Crippen molar-refractivity contribution in [3.05, 3.63) is 34.0 Å². The first-order valence-corrected chi connectivity index (χ1v) is 5.12. The molecule has 20 heavy (non-hydrogen) atoms. The summed E-state index contributed by atoms with van der Waals surface area (Å²) in [6.45, 7) is 0. The van der Waals surface area contributed by atoms with Crippen molar-refractivity contribution in [3.63, 3.8) is 0 Å². The van der Waals surface area contributed by atoms with Crippen LogP contribution in [0.15, 0.2) is 18.2 Å². The van der Waals surface area contributed by atoms with E-state index in [4.69, 9.17) is 0 Å². The van der Waals surface area contributed by atoms with Crippen LogP contribution in [0.25, 0.3) is 16.7 Å². The molecule has 2 heterocycles. The van der Waals surface area contributed by atoms with E-state index in [1.807, 2.05) is 0 Å². The van der Waals surface area contributed by atoms with Gasteiger partial charge in [0, 0.05) is 6.07 Å². The van der Waals surface area contributed by atoms with Crippen molar-refractivity contribution < 1.29 is 18.1 Å². The van der Waals surface area contributed by atoms with Gasteiger partial charge in [-0.05, 0) is 16.5 Å². The maximum atomic E-state index is 12.9. The first-order chi connectivity index (χ1) is 9.39. The largest absolute Gasteiger partial charge is 0.437 e. The Morgan fingerprint density at radius 2 is 2.05 bits per heavy atom. The number of non-ortho nitro benzene ring substituents is 1. The van der Waals surface area contributed by atoms with Crippen LogP contribution in [0, 0.1) is 10.1 Å². The summed E-state index contributed by atoms with van der Waals surface area (Å²) >= 11 is 0. The molecule has 0 N–H and O–H groups in total. The molecule has 0 unspecified atom stereocenters. The number of halogens is 3. The minimum atomic E-state index is -4.83. The molecule has 0 saturated carbocycles. The zero-order valence-corrected chi connectivity index (χ0v) is 9.37. The summed E-state index contributed by atoms with van der Waals surface area (Å²) in [5.41, 5.74) is -2.93. The number of tetrazole rings is 1. The number of rotatable bonds is 1. The van der Waals surface area contributed by atoms with Crippen molar-refractivity contribution in [1.29, 1.82) is 0 Å². The Balaban J connectivity index is 2.54. The molecule has 0 aliphatic carbocycles. The number of fused-ring (bicyclic) bond motifs is 3. The highest BCUT2D eigenvalue weighted by atomic mass is 19.4. The predicted molar refractivity (Wildman–Crippen MR) is 57.7 cm³/mol. The SMILES string of the molecule is O=[N+]([O-])c1cccc2c1nc(C(F)(F)F)c1nnnn12. The molecular formula is C9H3F3N6O2. The monoisotopic (exact) mass is 284 g/mol. The molecule has 0 radical (unpaired) electrons. The van der Waals surface area contributed by atoms with Crippen LogP contribution in [0.1, 0.15) is 5.69 Å². The maximum absolute atomic E-state index is 12.9. The minimum absolute atomic E-state index is 0.0206. The van der Waals surface area contributed by atoms with Crippen LogP contribution in [0.3, 0.4) is 0 Å². The van der Waals surface area contributed by atoms with Gasteiger partial charge < -0.3 is 0 Å². The number of aromatic nitrogens is 5. The molecule has 0 spiro atoms. The standard InChI is InChI=1S/C9H3F3N6O2/c10-9(11,12)7-8-14-15-16-17(8)4-2-1-3-5(18(19)20)6(4)13-7/h1-3H. The first-order valence-electron chi connectivity index (χ1n) is 5.12. The Morgan fingerprint density at radius 1 is 1.30 bits per heavy atom. The molecule has 11 heteroatoms. The van der Waals surface area contributed by atoms with Gasteiger partial charge >= 0.3 is 6.18 Å². The lowest BCUT2D eigenvalue weighted by Gasteiger charge is -2.08. The van der Waals surface area contributed by atoms with Crippen LogP contribution >= 0.6 is 0 Å². The van der Waals surface area contributed by atoms with E-state index < -0.39 is 33.6 Å². The predicted octanol–water partition coefficient (Wildman–Crippen LogP) is 1.60. The molecular weight excluding hydrogens is 281 g/mol. The van der Waals surface area contributed by atoms with Crippen molar-refractivity contribution in [2.45, 2.75) is 6.18 Å². The van der Waals surface area contributed by atoms with Gasteiger partial charge in [0.25, 0.3) is 5.69 Å². The van der Waals surface area contributed by atoms with Crippen LogP contribution < -0.4 is 0 Å². The summed E-state index contributed by atoms with van der Waals surface area (Å²) < 4.78 is 39.5. The van der Waals surface area contributed by atoms with Gasteiger partial charge in [-0.1, -0.05) is 6.07 Å². The van der Waals surface area contributed by atoms with Crippen molar-refractivity contribution in [3.8, 4) is 0 Å². The molecule has 1 aromatic carbocycles. The molecule has 0 aliphatic rings. The maximum Gasteiger partial charge on any atom is 0.437 e. The number of alkyl halides is 3. The van der Waals surface area contributed by atoms with Gasteiger partial charge in [0.05, 0.1) is 4.92 Å². The summed E-state index contributed by atoms with van der Waals surface area (Å²) in [6, 6.07) is 3.72. The summed E-state index contributed by atoms with van der Waals surface area (Å²) in [6.07, 6.45) is -4.83. The van der Waals surface area contributed by atoms with Gasteiger partial charge in [0.1, 0.15) is 5.52 Å². The molecule has 3 rings (SSSR count). The van der Waals surface area contributed by atoms with Gasteiger partial charge in [-0.25, -0.2) is 4.98 Å². The summed E-state index contributed by atoms with van der Waals surface area (Å²) in [5.74, 6) is 0. The number of hydrogen-bond donors (Lipinski definition) is 0. The third-order valence-corrected chi connectivity index (χ3v) is 2.59. The fraction of sp³-hybridized carbons (Fsp3) is 0.111. The van der Waals surface area contributed by atoms with Gasteiger partial charge in [0.2, 0.25) is 5.65 Å². The van der Waals surface area contributed by atoms with E-state index in [2.05, 4.69) is 20.5 Å². The molecule has 3 aromatic rings. The van der Waals surface area contributed by atoms with E-state index in [1.165, 1.54) is 12.1 Å². The Labute approximate surface area is 107 Å². The lowest BCUT2D eigenvalue weighted by atomic mass is 10.2. The molecule has 8 nitrogen and oxygen atoms in total. The van der Waals surface area contributed by atoms with E-state index in [0.29, 0.717) is 0 Å². The lowest BCUT2D eigenvalue weighted by Crippen LogP contribution is -2.12. The summed E-state index contributed by atoms with van der Waals surface area (Å²) in [7, 11) is 0. The minimum Gasteiger partial charge on any atom is -0.258 e. The van der Waals surface area contributed by atoms with E-state index in [-0.39, 0.29) is 5.52 Å². The van der Waals surface area contributed by atoms with Crippen LogP contribution in [0.4, 0.5) is 18.9 Å². The van der Waals surface area contributed by atoms with Crippen molar-refractivity contribution in [1.82, 2.24) is 25.0 Å². The average Bonchev–Trinajstić information content (AvgIpc) is 2.84. The second-order valence-electron chi connectivity index (χ2n) is 3.77. The third kappa shape index (κ3) is 1.63. The number of hydrogen-bond acceptors (Lipinski definition) is 6. The number of nitro groups is 1. The molecule has 0 atom stereocenters. The highest BCUT2D eigenvalue weighted by Gasteiger charge is 2.38. The van der Waals surface area contributed by atoms with Crippen molar-refractivity contribution in [2.75, 3.05) is 0 Å². The first kappa shape index (κ1) is 12.2. The Hall–Kier alpha value is -2.85. The van der Waals surface area contributed by atoms with E-state index in [1.54, 1.807) is 0 Å². The third-order valence-electron chi connectivity index (χ3n) is 2.59. The molecule has 102 valence electrons. The Bertz CT molecular complexity index is 843. The van der Waals surface area contributed by atoms with Gasteiger partial charge in [-0.2, -0.15) is 17.7 Å². The number of benzene rings is 1. The second kappa shape index (κ2) is 3.82.